The average Bonchev–Trinajstić information content (AvgIpc) is 3.68. The zero-order chi connectivity index (χ0) is 42.3. The summed E-state index contributed by atoms with van der Waals surface area (Å²) in [5, 5.41) is 35.4. The van der Waals surface area contributed by atoms with E-state index in [1.807, 2.05) is 0 Å². The number of rotatable bonds is 20. The highest BCUT2D eigenvalue weighted by Gasteiger charge is 2.50. The second kappa shape index (κ2) is 19.1. The number of anilines is 1. The quantitative estimate of drug-likeness (QED) is 0.0513. The molecule has 2 amide bonds. The number of hydrogen-bond donors (Lipinski definition) is 10. The van der Waals surface area contributed by atoms with E-state index in [4.69, 9.17) is 19.5 Å². The Morgan fingerprint density at radius 1 is 1.02 bits per heavy atom. The van der Waals surface area contributed by atoms with Crippen molar-refractivity contribution < 1.29 is 85.6 Å². The fourth-order valence-electron chi connectivity index (χ4n) is 4.95. The Hall–Kier alpha value is -3.42. The van der Waals surface area contributed by atoms with Gasteiger partial charge in [0.05, 0.1) is 19.5 Å². The van der Waals surface area contributed by atoms with E-state index in [9.17, 15) is 63.0 Å². The SMILES string of the molecule is CC(C)(COP(=O)(O)OP(=O)(O)OC[C@H]1O[C@@H](n2cnc3c(N)ncnc32)[C@@H](O)C1OP(=O)(O)O)[C@@H](O)C(=O)NCCC(=O)NCCSC(=O)c1ccc(O)cc1. The number of thioether (sulfide) groups is 1. The fraction of sp³-hybridized carbons (Fsp3) is 0.500. The van der Waals surface area contributed by atoms with Crippen molar-refractivity contribution in [2.24, 2.45) is 5.41 Å². The summed E-state index contributed by atoms with van der Waals surface area (Å²) in [6, 6.07) is 5.65. The second-order valence-corrected chi connectivity index (χ2v) is 18.1. The number of aliphatic hydroxyl groups excluding tert-OH is 2. The number of phenols is 1. The van der Waals surface area contributed by atoms with Crippen LogP contribution < -0.4 is 16.4 Å². The average molecular weight is 888 g/mol. The number of benzene rings is 1. The van der Waals surface area contributed by atoms with Gasteiger partial charge in [-0.25, -0.2) is 28.6 Å². The molecule has 1 aromatic carbocycles. The van der Waals surface area contributed by atoms with Gasteiger partial charge in [0.1, 0.15) is 42.0 Å². The zero-order valence-electron chi connectivity index (χ0n) is 29.8. The first kappa shape index (κ1) is 46.3. The molecule has 3 aromatic rings. The third-order valence-corrected chi connectivity index (χ3v) is 11.8. The Labute approximate surface area is 326 Å². The first-order valence-corrected chi connectivity index (χ1v) is 21.8. The van der Waals surface area contributed by atoms with E-state index in [0.717, 1.165) is 29.0 Å². The van der Waals surface area contributed by atoms with Crippen LogP contribution in [0, 0.1) is 5.41 Å². The number of nitrogens with zero attached hydrogens (tertiary/aromatic N) is 4. The van der Waals surface area contributed by atoms with Crippen molar-refractivity contribution in [3.8, 4) is 5.75 Å². The highest BCUT2D eigenvalue weighted by atomic mass is 32.2. The molecule has 3 heterocycles. The van der Waals surface area contributed by atoms with Crippen molar-refractivity contribution in [2.75, 3.05) is 37.8 Å². The predicted octanol–water partition coefficient (Wildman–Crippen LogP) is -0.316. The lowest BCUT2D eigenvalue weighted by Gasteiger charge is -2.30. The van der Waals surface area contributed by atoms with E-state index in [0.29, 0.717) is 5.56 Å². The molecule has 57 heavy (non-hydrogen) atoms. The van der Waals surface area contributed by atoms with Crippen LogP contribution in [0.15, 0.2) is 36.9 Å². The maximum Gasteiger partial charge on any atom is 0.481 e. The second-order valence-electron chi connectivity index (χ2n) is 12.8. The van der Waals surface area contributed by atoms with Gasteiger partial charge < -0.3 is 56.0 Å². The van der Waals surface area contributed by atoms with Gasteiger partial charge in [0.15, 0.2) is 17.7 Å². The van der Waals surface area contributed by atoms with Gasteiger partial charge in [-0.05, 0) is 24.3 Å². The lowest BCUT2D eigenvalue weighted by Crippen LogP contribution is -2.46. The molecule has 316 valence electrons. The number of hydrogen-bond acceptors (Lipinski definition) is 19. The largest absolute Gasteiger partial charge is 0.508 e. The summed E-state index contributed by atoms with van der Waals surface area (Å²) in [7, 11) is -16.4. The first-order valence-electron chi connectivity index (χ1n) is 16.3. The number of aromatic nitrogens is 4. The van der Waals surface area contributed by atoms with E-state index in [1.54, 1.807) is 0 Å². The molecule has 1 saturated heterocycles. The maximum absolute atomic E-state index is 12.7. The Morgan fingerprint density at radius 3 is 2.35 bits per heavy atom. The van der Waals surface area contributed by atoms with Gasteiger partial charge in [0.25, 0.3) is 0 Å². The molecule has 0 aliphatic carbocycles. The zero-order valence-corrected chi connectivity index (χ0v) is 33.3. The molecular formula is C28H40N7O18P3S. The van der Waals surface area contributed by atoms with Gasteiger partial charge in [-0.3, -0.25) is 32.5 Å². The van der Waals surface area contributed by atoms with Crippen LogP contribution in [0.25, 0.3) is 11.2 Å². The number of aromatic hydroxyl groups is 1. The lowest BCUT2D eigenvalue weighted by atomic mass is 9.87. The first-order chi connectivity index (χ1) is 26.5. The minimum atomic E-state index is -5.58. The Kier molecular flexibility index (Phi) is 15.5. The summed E-state index contributed by atoms with van der Waals surface area (Å²) < 4.78 is 62.1. The highest BCUT2D eigenvalue weighted by Crippen LogP contribution is 2.61. The fourth-order valence-corrected chi connectivity index (χ4v) is 8.48. The number of carbonyl (C=O) groups excluding carboxylic acids is 3. The van der Waals surface area contributed by atoms with E-state index >= 15 is 0 Å². The number of fused-ring (bicyclic) bond motifs is 1. The number of phosphoric ester groups is 3. The van der Waals surface area contributed by atoms with E-state index in [-0.39, 0.29) is 53.1 Å². The van der Waals surface area contributed by atoms with Gasteiger partial charge in [-0.1, -0.05) is 25.6 Å². The molecule has 1 aliphatic heterocycles. The number of imidazole rings is 1. The Balaban J connectivity index is 1.23. The van der Waals surface area contributed by atoms with Crippen molar-refractivity contribution in [3.63, 3.8) is 0 Å². The van der Waals surface area contributed by atoms with Crippen LogP contribution in [-0.4, -0.2) is 128 Å². The van der Waals surface area contributed by atoms with Crippen molar-refractivity contribution in [3.05, 3.63) is 42.5 Å². The molecule has 0 spiro atoms. The summed E-state index contributed by atoms with van der Waals surface area (Å²) in [5.41, 5.74) is 4.60. The number of carbonyl (C=O) groups is 3. The van der Waals surface area contributed by atoms with Crippen molar-refractivity contribution >= 4 is 69.1 Å². The maximum atomic E-state index is 12.7. The molecule has 1 fully saturated rings. The summed E-state index contributed by atoms with van der Waals surface area (Å²) in [5.74, 6) is -1.27. The summed E-state index contributed by atoms with van der Waals surface area (Å²) >= 11 is 0.948. The number of nitrogens with two attached hydrogens (primary N) is 1. The smallest absolute Gasteiger partial charge is 0.481 e. The highest BCUT2D eigenvalue weighted by molar-refractivity contribution is 8.14. The van der Waals surface area contributed by atoms with Crippen LogP contribution in [0.5, 0.6) is 5.75 Å². The normalized spacial score (nSPS) is 21.4. The van der Waals surface area contributed by atoms with Crippen LogP contribution in [0.2, 0.25) is 0 Å². The number of aliphatic hydroxyl groups is 2. The number of amides is 2. The van der Waals surface area contributed by atoms with Crippen molar-refractivity contribution in [2.45, 2.75) is 50.9 Å². The van der Waals surface area contributed by atoms with Gasteiger partial charge in [-0.15, -0.1) is 0 Å². The summed E-state index contributed by atoms with van der Waals surface area (Å²) in [6.07, 6.45) is -7.02. The van der Waals surface area contributed by atoms with Gasteiger partial charge >= 0.3 is 23.5 Å². The summed E-state index contributed by atoms with van der Waals surface area (Å²) in [4.78, 5) is 87.8. The molecular weight excluding hydrogens is 847 g/mol. The van der Waals surface area contributed by atoms with Gasteiger partial charge in [0, 0.05) is 36.2 Å². The third-order valence-electron chi connectivity index (χ3n) is 7.84. The van der Waals surface area contributed by atoms with Gasteiger partial charge in [-0.2, -0.15) is 4.31 Å². The number of ether oxygens (including phenoxy) is 1. The molecule has 29 heteroatoms. The predicted molar refractivity (Wildman–Crippen MR) is 195 cm³/mol. The van der Waals surface area contributed by atoms with Crippen LogP contribution >= 0.6 is 35.2 Å². The monoisotopic (exact) mass is 887 g/mol. The van der Waals surface area contributed by atoms with Gasteiger partial charge in [0.2, 0.25) is 16.9 Å². The molecule has 7 atom stereocenters. The van der Waals surface area contributed by atoms with Crippen LogP contribution in [0.4, 0.5) is 5.82 Å². The molecule has 2 aromatic heterocycles. The minimum Gasteiger partial charge on any atom is -0.508 e. The Morgan fingerprint density at radius 2 is 1.68 bits per heavy atom. The van der Waals surface area contributed by atoms with Crippen molar-refractivity contribution in [1.29, 1.82) is 0 Å². The topological polar surface area (TPSA) is 384 Å². The molecule has 25 nitrogen and oxygen atoms in total. The molecule has 1 aliphatic rings. The Bertz CT molecular complexity index is 2050. The molecule has 4 rings (SSSR count). The number of phenolic OH excluding ortho intramolecular Hbond substituents is 1. The molecule has 0 radical (unpaired) electrons. The van der Waals surface area contributed by atoms with Crippen LogP contribution in [0.1, 0.15) is 36.9 Å². The molecule has 0 saturated carbocycles. The van der Waals surface area contributed by atoms with Crippen LogP contribution in [-0.2, 0) is 45.9 Å². The van der Waals surface area contributed by atoms with E-state index in [1.165, 1.54) is 38.1 Å². The van der Waals surface area contributed by atoms with Crippen LogP contribution in [0.3, 0.4) is 0 Å². The number of nitrogens with one attached hydrogen (secondary N) is 2. The number of nitrogen functional groups attached to an aromatic ring is 1. The minimum absolute atomic E-state index is 0.0119. The third kappa shape index (κ3) is 13.3. The van der Waals surface area contributed by atoms with Crippen molar-refractivity contribution in [1.82, 2.24) is 30.2 Å². The van der Waals surface area contributed by atoms with E-state index in [2.05, 4.69) is 34.4 Å². The lowest BCUT2D eigenvalue weighted by molar-refractivity contribution is -0.137. The standard InChI is InChI=1S/C28H40N7O18P3S/c1-28(2,22(39)25(40)31-8-7-18(37)30-9-10-57-27(41)15-3-5-16(36)6-4-15)12-50-56(47,48)53-55(45,46)49-11-17-21(52-54(42,43)44)20(38)26(51-17)35-14-34-19-23(29)32-13-33-24(19)35/h3-6,13-14,17,20-22,26,36,38-39H,7-12H2,1-2H3,(H,30,37)(H,31,40)(H,45,46)(H,47,48)(H2,29,32,33)(H2,42,43,44)/t17-,20+,21?,22+,26-/m1/s1. The summed E-state index contributed by atoms with van der Waals surface area (Å²) in [6.45, 7) is 0.331. The number of phosphoric acid groups is 3. The molecule has 0 bridgehead atoms. The van der Waals surface area contributed by atoms with E-state index < -0.39 is 84.6 Å². The molecule has 3 unspecified atom stereocenters. The molecule has 11 N–H and O–H groups in total.